The Hall–Kier alpha value is -2.24. The van der Waals surface area contributed by atoms with Gasteiger partial charge < -0.3 is 44.1 Å². The van der Waals surface area contributed by atoms with Crippen LogP contribution in [0.2, 0.25) is 0 Å². The number of anilines is 2. The minimum Gasteiger partial charge on any atom is -0.395 e. The number of benzene rings is 2. The summed E-state index contributed by atoms with van der Waals surface area (Å²) in [5, 5.41) is 26.4. The third kappa shape index (κ3) is 18.9. The van der Waals surface area contributed by atoms with E-state index in [2.05, 4.69) is 47.7 Å². The summed E-state index contributed by atoms with van der Waals surface area (Å²) < 4.78 is 20.9. The molecule has 228 valence electrons. The number of nitrogens with zero attached hydrogens (tertiary/aromatic N) is 2. The van der Waals surface area contributed by atoms with Crippen molar-refractivity contribution in [3.63, 3.8) is 0 Å². The molecule has 1 saturated heterocycles. The third-order valence-corrected chi connectivity index (χ3v) is 5.64. The molecule has 3 N–H and O–H groups in total. The van der Waals surface area contributed by atoms with E-state index in [-0.39, 0.29) is 19.8 Å². The number of rotatable bonds is 19. The smallest absolute Gasteiger partial charge is 0.0701 e. The van der Waals surface area contributed by atoms with Crippen molar-refractivity contribution in [3.8, 4) is 0 Å². The zero-order valence-corrected chi connectivity index (χ0v) is 24.8. The number of ether oxygens (including phenoxy) is 4. The molecule has 0 atom stereocenters. The van der Waals surface area contributed by atoms with E-state index in [9.17, 15) is 0 Å². The molecule has 0 bridgehead atoms. The molecule has 1 heterocycles. The first kappa shape index (κ1) is 35.8. The van der Waals surface area contributed by atoms with E-state index in [0.717, 1.165) is 51.6 Å². The van der Waals surface area contributed by atoms with Gasteiger partial charge in [0, 0.05) is 44.2 Å². The number of epoxide rings is 1. The Balaban J connectivity index is 0.000000394. The molecule has 1 aliphatic rings. The van der Waals surface area contributed by atoms with E-state index in [1.807, 2.05) is 36.1 Å². The van der Waals surface area contributed by atoms with Crippen molar-refractivity contribution in [2.45, 2.75) is 27.2 Å². The van der Waals surface area contributed by atoms with Crippen LogP contribution in [0, 0.1) is 13.8 Å². The fourth-order valence-electron chi connectivity index (χ4n) is 3.61. The molecule has 1 fully saturated rings. The fourth-order valence-corrected chi connectivity index (χ4v) is 3.61. The van der Waals surface area contributed by atoms with Crippen molar-refractivity contribution >= 4 is 11.4 Å². The van der Waals surface area contributed by atoms with Crippen LogP contribution in [0.1, 0.15) is 24.5 Å². The largest absolute Gasteiger partial charge is 0.395 e. The van der Waals surface area contributed by atoms with Gasteiger partial charge in [-0.1, -0.05) is 31.2 Å². The molecular formula is C31H52N2O7. The van der Waals surface area contributed by atoms with Crippen LogP contribution in [0.4, 0.5) is 11.4 Å². The molecule has 0 aromatic heterocycles. The van der Waals surface area contributed by atoms with E-state index in [1.165, 1.54) is 16.8 Å². The molecule has 0 radical (unpaired) electrons. The molecule has 2 aromatic carbocycles. The van der Waals surface area contributed by atoms with Crippen LogP contribution in [0.3, 0.4) is 0 Å². The number of aryl methyl sites for hydroxylation is 2. The molecule has 40 heavy (non-hydrogen) atoms. The van der Waals surface area contributed by atoms with Gasteiger partial charge in [0.05, 0.1) is 66.1 Å². The molecule has 0 amide bonds. The normalized spacial score (nSPS) is 11.7. The van der Waals surface area contributed by atoms with Crippen molar-refractivity contribution in [2.75, 3.05) is 109 Å². The van der Waals surface area contributed by atoms with Crippen LogP contribution in [-0.4, -0.2) is 114 Å². The predicted molar refractivity (Wildman–Crippen MR) is 162 cm³/mol. The first-order valence-electron chi connectivity index (χ1n) is 14.3. The molecule has 9 heteroatoms. The van der Waals surface area contributed by atoms with Crippen LogP contribution in [0.15, 0.2) is 48.5 Å². The van der Waals surface area contributed by atoms with Gasteiger partial charge in [-0.25, -0.2) is 0 Å². The van der Waals surface area contributed by atoms with Gasteiger partial charge in [-0.2, -0.15) is 0 Å². The highest BCUT2D eigenvalue weighted by Gasteiger charge is 2.07. The lowest BCUT2D eigenvalue weighted by Crippen LogP contribution is -2.31. The molecule has 2 aromatic rings. The highest BCUT2D eigenvalue weighted by Crippen LogP contribution is 2.16. The minimum absolute atomic E-state index is 0.0545. The van der Waals surface area contributed by atoms with E-state index >= 15 is 0 Å². The minimum atomic E-state index is 0.0545. The monoisotopic (exact) mass is 564 g/mol. The van der Waals surface area contributed by atoms with Gasteiger partial charge in [-0.3, -0.25) is 0 Å². The molecule has 0 aliphatic carbocycles. The number of aliphatic hydroxyl groups excluding tert-OH is 3. The van der Waals surface area contributed by atoms with Gasteiger partial charge in [0.25, 0.3) is 0 Å². The summed E-state index contributed by atoms with van der Waals surface area (Å²) in [7, 11) is 0. The second kappa shape index (κ2) is 24.5. The van der Waals surface area contributed by atoms with Crippen molar-refractivity contribution in [1.82, 2.24) is 0 Å². The van der Waals surface area contributed by atoms with Crippen LogP contribution in [0.5, 0.6) is 0 Å². The van der Waals surface area contributed by atoms with Crippen molar-refractivity contribution in [1.29, 1.82) is 0 Å². The zero-order chi connectivity index (χ0) is 29.3. The zero-order valence-electron chi connectivity index (χ0n) is 24.8. The van der Waals surface area contributed by atoms with E-state index in [1.54, 1.807) is 0 Å². The summed E-state index contributed by atoms with van der Waals surface area (Å²) in [6.07, 6.45) is 1.04. The standard InChI is InChI=1S/C18H31NO4.C11H17NO2.C2H4O/c1-3-10-21-11-7-19(18-6-4-5-17(2)16-18)8-12-22-14-15-23-13-9-20;1-10-3-2-4-11(9-10)12(5-7-13)6-8-14;1-2-3-1/h4-6,16,20H,3,7-15H2,1-2H3;2-4,9,13-14H,5-8H2,1H3;1-2H2. The first-order valence-corrected chi connectivity index (χ1v) is 14.3. The van der Waals surface area contributed by atoms with E-state index in [0.29, 0.717) is 39.5 Å². The fraction of sp³-hybridized carbons (Fsp3) is 0.613. The van der Waals surface area contributed by atoms with Crippen LogP contribution in [0.25, 0.3) is 0 Å². The van der Waals surface area contributed by atoms with Gasteiger partial charge in [0.1, 0.15) is 0 Å². The SMILES string of the molecule is C1CO1.CCCOCCN(CCOCCOCCO)c1cccc(C)c1.Cc1cccc(N(CCO)CCO)c1. The topological polar surface area (TPSA) is 107 Å². The van der Waals surface area contributed by atoms with Crippen LogP contribution in [-0.2, 0) is 18.9 Å². The maximum absolute atomic E-state index is 8.87. The summed E-state index contributed by atoms with van der Waals surface area (Å²) in [4.78, 5) is 4.25. The van der Waals surface area contributed by atoms with Crippen molar-refractivity contribution in [3.05, 3.63) is 59.7 Å². The van der Waals surface area contributed by atoms with Gasteiger partial charge in [-0.15, -0.1) is 0 Å². The molecule has 9 nitrogen and oxygen atoms in total. The summed E-state index contributed by atoms with van der Waals surface area (Å²) in [6.45, 7) is 14.9. The summed E-state index contributed by atoms with van der Waals surface area (Å²) in [5.74, 6) is 0. The molecule has 0 spiro atoms. The Morgan fingerprint density at radius 3 is 1.48 bits per heavy atom. The second-order valence-electron chi connectivity index (χ2n) is 9.27. The Bertz CT molecular complexity index is 845. The Morgan fingerprint density at radius 1 is 0.625 bits per heavy atom. The third-order valence-electron chi connectivity index (χ3n) is 5.64. The summed E-state index contributed by atoms with van der Waals surface area (Å²) in [6, 6.07) is 16.5. The average Bonchev–Trinajstić information content (AvgIpc) is 3.84. The second-order valence-corrected chi connectivity index (χ2v) is 9.27. The highest BCUT2D eigenvalue weighted by molar-refractivity contribution is 5.49. The number of aliphatic hydroxyl groups is 3. The van der Waals surface area contributed by atoms with E-state index in [4.69, 9.17) is 29.5 Å². The van der Waals surface area contributed by atoms with E-state index < -0.39 is 0 Å². The van der Waals surface area contributed by atoms with Crippen molar-refractivity contribution in [2.24, 2.45) is 0 Å². The van der Waals surface area contributed by atoms with Gasteiger partial charge in [-0.05, 0) is 55.7 Å². The number of hydrogen-bond donors (Lipinski definition) is 3. The average molecular weight is 565 g/mol. The molecule has 0 unspecified atom stereocenters. The van der Waals surface area contributed by atoms with Crippen LogP contribution >= 0.6 is 0 Å². The quantitative estimate of drug-likeness (QED) is 0.175. The maximum atomic E-state index is 8.87. The lowest BCUT2D eigenvalue weighted by Gasteiger charge is -2.25. The summed E-state index contributed by atoms with van der Waals surface area (Å²) in [5.41, 5.74) is 4.68. The van der Waals surface area contributed by atoms with Crippen molar-refractivity contribution < 1.29 is 34.3 Å². The molecule has 3 rings (SSSR count). The highest BCUT2D eigenvalue weighted by atomic mass is 16.6. The predicted octanol–water partition coefficient (Wildman–Crippen LogP) is 3.06. The van der Waals surface area contributed by atoms with Crippen LogP contribution < -0.4 is 9.80 Å². The lowest BCUT2D eigenvalue weighted by molar-refractivity contribution is 0.0348. The van der Waals surface area contributed by atoms with Gasteiger partial charge in [0.15, 0.2) is 0 Å². The van der Waals surface area contributed by atoms with Gasteiger partial charge >= 0.3 is 0 Å². The summed E-state index contributed by atoms with van der Waals surface area (Å²) >= 11 is 0. The maximum Gasteiger partial charge on any atom is 0.0701 e. The lowest BCUT2D eigenvalue weighted by atomic mass is 10.2. The first-order chi connectivity index (χ1) is 19.5. The van der Waals surface area contributed by atoms with Gasteiger partial charge in [0.2, 0.25) is 0 Å². The Morgan fingerprint density at radius 2 is 1.07 bits per heavy atom. The Labute approximate surface area is 241 Å². The molecule has 0 saturated carbocycles. The Kier molecular flexibility index (Phi) is 22.0. The molecular weight excluding hydrogens is 512 g/mol. The number of hydrogen-bond acceptors (Lipinski definition) is 9. The molecule has 1 aliphatic heterocycles.